The summed E-state index contributed by atoms with van der Waals surface area (Å²) in [4.78, 5) is 25.6. The van der Waals surface area contributed by atoms with Gasteiger partial charge in [0, 0.05) is 24.7 Å². The molecule has 1 aromatic rings. The van der Waals surface area contributed by atoms with Crippen LogP contribution in [0.25, 0.3) is 0 Å². The van der Waals surface area contributed by atoms with Gasteiger partial charge in [0.15, 0.2) is 0 Å². The van der Waals surface area contributed by atoms with Gasteiger partial charge in [-0.05, 0) is 42.5 Å². The Morgan fingerprint density at radius 2 is 2.09 bits per heavy atom. The van der Waals surface area contributed by atoms with Crippen LogP contribution >= 0.6 is 0 Å². The smallest absolute Gasteiger partial charge is 0.251 e. The fraction of sp³-hybridized carbons (Fsp3) is 0.529. The number of aliphatic hydroxyl groups is 1. The van der Waals surface area contributed by atoms with Crippen molar-refractivity contribution < 1.29 is 14.7 Å². The maximum absolute atomic E-state index is 12.3. The summed E-state index contributed by atoms with van der Waals surface area (Å²) in [6.07, 6.45) is 1.88. The first-order chi connectivity index (χ1) is 10.4. The van der Waals surface area contributed by atoms with E-state index in [2.05, 4.69) is 19.2 Å². The predicted molar refractivity (Wildman–Crippen MR) is 86.0 cm³/mol. The highest BCUT2D eigenvalue weighted by molar-refractivity contribution is 5.99. The van der Waals surface area contributed by atoms with Gasteiger partial charge in [-0.1, -0.05) is 13.8 Å². The Hall–Kier alpha value is -1.88. The van der Waals surface area contributed by atoms with Crippen LogP contribution in [0.2, 0.25) is 0 Å². The van der Waals surface area contributed by atoms with Crippen LogP contribution in [0.4, 0.5) is 5.69 Å². The summed E-state index contributed by atoms with van der Waals surface area (Å²) in [5, 5.41) is 12.2. The van der Waals surface area contributed by atoms with Crippen molar-refractivity contribution in [3.05, 3.63) is 29.3 Å². The minimum absolute atomic E-state index is 0.0634. The molecule has 2 rings (SSSR count). The maximum atomic E-state index is 12.3. The molecule has 0 saturated carbocycles. The van der Waals surface area contributed by atoms with Gasteiger partial charge in [-0.3, -0.25) is 9.59 Å². The second kappa shape index (κ2) is 6.92. The average molecular weight is 304 g/mol. The Balaban J connectivity index is 2.13. The third-order valence-electron chi connectivity index (χ3n) is 4.00. The number of fused-ring (bicyclic) bond motifs is 1. The summed E-state index contributed by atoms with van der Waals surface area (Å²) in [5.41, 5.74) is 2.46. The third kappa shape index (κ3) is 3.65. The number of nitrogens with one attached hydrogen (secondary N) is 1. The monoisotopic (exact) mass is 304 g/mol. The van der Waals surface area contributed by atoms with E-state index >= 15 is 0 Å². The van der Waals surface area contributed by atoms with Crippen molar-refractivity contribution in [2.75, 3.05) is 18.6 Å². The Labute approximate surface area is 131 Å². The van der Waals surface area contributed by atoms with Gasteiger partial charge >= 0.3 is 0 Å². The molecule has 0 aliphatic carbocycles. The fourth-order valence-corrected chi connectivity index (χ4v) is 2.81. The highest BCUT2D eigenvalue weighted by atomic mass is 16.3. The second-order valence-electron chi connectivity index (χ2n) is 6.28. The van der Waals surface area contributed by atoms with Crippen LogP contribution in [0.3, 0.4) is 0 Å². The van der Waals surface area contributed by atoms with Crippen molar-refractivity contribution in [1.82, 2.24) is 5.32 Å². The number of anilines is 1. The third-order valence-corrected chi connectivity index (χ3v) is 4.00. The van der Waals surface area contributed by atoms with Gasteiger partial charge in [0.1, 0.15) is 0 Å². The molecule has 1 heterocycles. The van der Waals surface area contributed by atoms with Crippen molar-refractivity contribution in [2.24, 2.45) is 5.92 Å². The first-order valence-corrected chi connectivity index (χ1v) is 7.73. The maximum Gasteiger partial charge on any atom is 0.251 e. The minimum Gasteiger partial charge on any atom is -0.394 e. The van der Waals surface area contributed by atoms with Crippen LogP contribution in [-0.2, 0) is 11.2 Å². The van der Waals surface area contributed by atoms with Crippen LogP contribution in [0, 0.1) is 5.92 Å². The lowest BCUT2D eigenvalue weighted by atomic mass is 9.98. The van der Waals surface area contributed by atoms with Gasteiger partial charge in [0.25, 0.3) is 5.91 Å². The molecule has 2 amide bonds. The van der Waals surface area contributed by atoms with Gasteiger partial charge in [-0.25, -0.2) is 0 Å². The number of carbonyl (C=O) groups is 2. The quantitative estimate of drug-likeness (QED) is 0.870. The highest BCUT2D eigenvalue weighted by Gasteiger charge is 2.22. The van der Waals surface area contributed by atoms with E-state index < -0.39 is 0 Å². The predicted octanol–water partition coefficient (Wildman–Crippen LogP) is 1.73. The van der Waals surface area contributed by atoms with Crippen molar-refractivity contribution in [3.8, 4) is 0 Å². The number of nitrogens with zero attached hydrogens (tertiary/aromatic N) is 1. The molecule has 1 atom stereocenters. The van der Waals surface area contributed by atoms with E-state index in [9.17, 15) is 14.7 Å². The number of carbonyl (C=O) groups excluding carboxylic acids is 2. The summed E-state index contributed by atoms with van der Waals surface area (Å²) in [6.45, 7) is 4.05. The Morgan fingerprint density at radius 1 is 1.36 bits per heavy atom. The molecule has 0 fully saturated rings. The Morgan fingerprint density at radius 3 is 2.73 bits per heavy atom. The molecule has 22 heavy (non-hydrogen) atoms. The molecule has 1 aromatic carbocycles. The van der Waals surface area contributed by atoms with Gasteiger partial charge in [-0.2, -0.15) is 0 Å². The molecule has 2 N–H and O–H groups in total. The molecule has 120 valence electrons. The largest absolute Gasteiger partial charge is 0.394 e. The van der Waals surface area contributed by atoms with Gasteiger partial charge in [0.2, 0.25) is 5.91 Å². The second-order valence-corrected chi connectivity index (χ2v) is 6.28. The number of hydrogen-bond acceptors (Lipinski definition) is 3. The zero-order chi connectivity index (χ0) is 16.3. The topological polar surface area (TPSA) is 69.6 Å². The summed E-state index contributed by atoms with van der Waals surface area (Å²) >= 11 is 0. The van der Waals surface area contributed by atoms with Crippen molar-refractivity contribution in [1.29, 1.82) is 0 Å². The first kappa shape index (κ1) is 16.5. The van der Waals surface area contributed by atoms with Crippen LogP contribution < -0.4 is 10.2 Å². The molecule has 1 unspecified atom stereocenters. The molecule has 0 bridgehead atoms. The number of amides is 2. The Kier molecular flexibility index (Phi) is 5.19. The van der Waals surface area contributed by atoms with Crippen LogP contribution in [-0.4, -0.2) is 36.6 Å². The van der Waals surface area contributed by atoms with E-state index in [0.717, 1.165) is 17.7 Å². The summed E-state index contributed by atoms with van der Waals surface area (Å²) in [5.74, 6) is 0.324. The summed E-state index contributed by atoms with van der Waals surface area (Å²) < 4.78 is 0. The van der Waals surface area contributed by atoms with E-state index in [-0.39, 0.29) is 24.5 Å². The normalized spacial score (nSPS) is 15.7. The van der Waals surface area contributed by atoms with Crippen LogP contribution in [0.1, 0.15) is 42.6 Å². The number of benzene rings is 1. The molecular formula is C17H24N2O3. The van der Waals surface area contributed by atoms with Crippen molar-refractivity contribution >= 4 is 17.5 Å². The molecule has 0 saturated heterocycles. The average Bonchev–Trinajstić information content (AvgIpc) is 2.49. The highest BCUT2D eigenvalue weighted by Crippen LogP contribution is 2.27. The minimum atomic E-state index is -0.229. The number of aryl methyl sites for hydroxylation is 1. The fourth-order valence-electron chi connectivity index (χ4n) is 2.81. The molecule has 1 aliphatic rings. The number of aliphatic hydroxyl groups excluding tert-OH is 1. The standard InChI is InChI=1S/C17H24N2O3/c1-11(2)8-14(10-20)18-17(22)13-4-6-15-12(9-13)5-7-16(21)19(15)3/h4,6,9,11,14,20H,5,7-8,10H2,1-3H3,(H,18,22). The lowest BCUT2D eigenvalue weighted by Crippen LogP contribution is -2.38. The molecule has 0 aromatic heterocycles. The van der Waals surface area contributed by atoms with Gasteiger partial charge < -0.3 is 15.3 Å². The molecule has 1 aliphatic heterocycles. The van der Waals surface area contributed by atoms with E-state index in [4.69, 9.17) is 0 Å². The zero-order valence-electron chi connectivity index (χ0n) is 13.4. The molecule has 5 heteroatoms. The van der Waals surface area contributed by atoms with Gasteiger partial charge in [0.05, 0.1) is 12.6 Å². The Bertz CT molecular complexity index is 569. The van der Waals surface area contributed by atoms with E-state index in [1.165, 1.54) is 0 Å². The number of rotatable bonds is 5. The van der Waals surface area contributed by atoms with E-state index in [1.54, 1.807) is 18.0 Å². The van der Waals surface area contributed by atoms with E-state index in [0.29, 0.717) is 24.3 Å². The van der Waals surface area contributed by atoms with E-state index in [1.807, 2.05) is 12.1 Å². The molecule has 5 nitrogen and oxygen atoms in total. The summed E-state index contributed by atoms with van der Waals surface area (Å²) in [7, 11) is 1.75. The zero-order valence-corrected chi connectivity index (χ0v) is 13.4. The molecule has 0 radical (unpaired) electrons. The first-order valence-electron chi connectivity index (χ1n) is 7.73. The number of hydrogen-bond donors (Lipinski definition) is 2. The van der Waals surface area contributed by atoms with Crippen LogP contribution in [0.15, 0.2) is 18.2 Å². The van der Waals surface area contributed by atoms with Gasteiger partial charge in [-0.15, -0.1) is 0 Å². The lowest BCUT2D eigenvalue weighted by Gasteiger charge is -2.26. The SMILES string of the molecule is CC(C)CC(CO)NC(=O)c1ccc2c(c1)CCC(=O)N2C. The van der Waals surface area contributed by atoms with Crippen molar-refractivity contribution in [3.63, 3.8) is 0 Å². The molecular weight excluding hydrogens is 280 g/mol. The summed E-state index contributed by atoms with van der Waals surface area (Å²) in [6, 6.07) is 5.16. The molecule has 0 spiro atoms. The van der Waals surface area contributed by atoms with Crippen molar-refractivity contribution in [2.45, 2.75) is 39.2 Å². The lowest BCUT2D eigenvalue weighted by molar-refractivity contribution is -0.118. The van der Waals surface area contributed by atoms with Crippen LogP contribution in [0.5, 0.6) is 0 Å².